The van der Waals surface area contributed by atoms with Gasteiger partial charge in [-0.2, -0.15) is 0 Å². The molecule has 0 radical (unpaired) electrons. The predicted molar refractivity (Wildman–Crippen MR) is 120 cm³/mol. The standard InChI is InChI=1S/C23H24Br2O3/c24-15-21(19-9-5-17(6-10-19)3-1-13-26)23(28)22(16-25)20-11-7-18(8-12-20)4-2-14-27/h5-14,21-22H,1-4,15-16H2. The molecule has 148 valence electrons. The molecule has 0 aliphatic heterocycles. The van der Waals surface area contributed by atoms with Gasteiger partial charge in [0, 0.05) is 23.5 Å². The van der Waals surface area contributed by atoms with Gasteiger partial charge in [-0.05, 0) is 35.1 Å². The maximum Gasteiger partial charge on any atom is 0.149 e. The molecule has 0 bridgehead atoms. The molecule has 28 heavy (non-hydrogen) atoms. The highest BCUT2D eigenvalue weighted by Crippen LogP contribution is 2.30. The van der Waals surface area contributed by atoms with E-state index < -0.39 is 0 Å². The van der Waals surface area contributed by atoms with Crippen molar-refractivity contribution in [3.8, 4) is 0 Å². The fourth-order valence-corrected chi connectivity index (χ4v) is 4.57. The quantitative estimate of drug-likeness (QED) is 0.294. The van der Waals surface area contributed by atoms with E-state index in [0.717, 1.165) is 47.7 Å². The zero-order valence-electron chi connectivity index (χ0n) is 15.7. The lowest BCUT2D eigenvalue weighted by Crippen LogP contribution is -2.23. The van der Waals surface area contributed by atoms with Gasteiger partial charge in [0.05, 0.1) is 11.8 Å². The lowest BCUT2D eigenvalue weighted by Gasteiger charge is -2.21. The van der Waals surface area contributed by atoms with Crippen LogP contribution >= 0.6 is 31.9 Å². The summed E-state index contributed by atoms with van der Waals surface area (Å²) >= 11 is 7.02. The fraction of sp³-hybridized carbons (Fsp3) is 0.348. The van der Waals surface area contributed by atoms with Crippen LogP contribution in [0.15, 0.2) is 48.5 Å². The molecule has 2 rings (SSSR count). The van der Waals surface area contributed by atoms with E-state index in [-0.39, 0.29) is 17.6 Å². The summed E-state index contributed by atoms with van der Waals surface area (Å²) in [5, 5.41) is 1.11. The number of aldehydes is 2. The summed E-state index contributed by atoms with van der Waals surface area (Å²) in [6.07, 6.45) is 4.30. The van der Waals surface area contributed by atoms with Gasteiger partial charge in [-0.1, -0.05) is 80.4 Å². The third kappa shape index (κ3) is 6.21. The molecule has 5 heteroatoms. The Balaban J connectivity index is 2.16. The first kappa shape index (κ1) is 22.7. The van der Waals surface area contributed by atoms with Gasteiger partial charge in [-0.15, -0.1) is 0 Å². The fourth-order valence-electron chi connectivity index (χ4n) is 3.19. The highest BCUT2D eigenvalue weighted by Gasteiger charge is 2.28. The molecule has 3 nitrogen and oxygen atoms in total. The molecule has 0 heterocycles. The van der Waals surface area contributed by atoms with E-state index in [2.05, 4.69) is 31.9 Å². The van der Waals surface area contributed by atoms with Crippen molar-refractivity contribution in [2.75, 3.05) is 10.7 Å². The molecule has 2 unspecified atom stereocenters. The molecule has 0 N–H and O–H groups in total. The molecule has 0 saturated carbocycles. The average Bonchev–Trinajstić information content (AvgIpc) is 2.73. The van der Waals surface area contributed by atoms with Gasteiger partial charge in [-0.25, -0.2) is 0 Å². The van der Waals surface area contributed by atoms with Crippen LogP contribution in [0.2, 0.25) is 0 Å². The number of aryl methyl sites for hydroxylation is 2. The average molecular weight is 508 g/mol. The van der Waals surface area contributed by atoms with Crippen LogP contribution < -0.4 is 0 Å². The zero-order chi connectivity index (χ0) is 20.4. The number of alkyl halides is 2. The third-order valence-corrected chi connectivity index (χ3v) is 6.16. The topological polar surface area (TPSA) is 51.2 Å². The smallest absolute Gasteiger partial charge is 0.149 e. The summed E-state index contributed by atoms with van der Waals surface area (Å²) in [6, 6.07) is 15.9. The van der Waals surface area contributed by atoms with E-state index in [1.807, 2.05) is 48.5 Å². The third-order valence-electron chi connectivity index (χ3n) is 4.86. The monoisotopic (exact) mass is 506 g/mol. The van der Waals surface area contributed by atoms with Crippen molar-refractivity contribution in [1.29, 1.82) is 0 Å². The Labute approximate surface area is 183 Å². The minimum atomic E-state index is -0.239. The Bertz CT molecular complexity index is 704. The molecule has 0 spiro atoms. The number of benzene rings is 2. The highest BCUT2D eigenvalue weighted by atomic mass is 79.9. The van der Waals surface area contributed by atoms with E-state index >= 15 is 0 Å². The number of Topliss-reactive ketones (excluding diaryl/α,β-unsaturated/α-hetero) is 1. The zero-order valence-corrected chi connectivity index (χ0v) is 18.8. The molecule has 0 aliphatic carbocycles. The van der Waals surface area contributed by atoms with Gasteiger partial charge in [0.25, 0.3) is 0 Å². The first-order valence-electron chi connectivity index (χ1n) is 9.35. The second-order valence-electron chi connectivity index (χ2n) is 6.71. The highest BCUT2D eigenvalue weighted by molar-refractivity contribution is 9.09. The van der Waals surface area contributed by atoms with Gasteiger partial charge in [0.1, 0.15) is 18.4 Å². The molecular formula is C23H24Br2O3. The minimum Gasteiger partial charge on any atom is -0.303 e. The molecule has 0 amide bonds. The van der Waals surface area contributed by atoms with Crippen molar-refractivity contribution in [2.45, 2.75) is 37.5 Å². The number of hydrogen-bond donors (Lipinski definition) is 0. The predicted octanol–water partition coefficient (Wildman–Crippen LogP) is 5.18. The van der Waals surface area contributed by atoms with Crippen molar-refractivity contribution in [3.63, 3.8) is 0 Å². The van der Waals surface area contributed by atoms with Gasteiger partial charge in [-0.3, -0.25) is 4.79 Å². The van der Waals surface area contributed by atoms with Crippen LogP contribution in [0, 0.1) is 0 Å². The van der Waals surface area contributed by atoms with Crippen molar-refractivity contribution >= 4 is 50.2 Å². The summed E-state index contributed by atoms with van der Waals surface area (Å²) < 4.78 is 0. The van der Waals surface area contributed by atoms with Gasteiger partial charge >= 0.3 is 0 Å². The van der Waals surface area contributed by atoms with Crippen LogP contribution in [0.1, 0.15) is 46.9 Å². The normalized spacial score (nSPS) is 12.9. The molecule has 0 fully saturated rings. The van der Waals surface area contributed by atoms with Gasteiger partial charge in [0.2, 0.25) is 0 Å². The minimum absolute atomic E-state index is 0.162. The number of carbonyl (C=O) groups excluding carboxylic acids is 3. The maximum absolute atomic E-state index is 13.3. The van der Waals surface area contributed by atoms with E-state index in [0.29, 0.717) is 23.5 Å². The summed E-state index contributed by atoms with van der Waals surface area (Å²) in [5.74, 6) is -0.315. The van der Waals surface area contributed by atoms with Crippen molar-refractivity contribution in [3.05, 3.63) is 70.8 Å². The Hall–Kier alpha value is -1.59. The SMILES string of the molecule is O=CCCc1ccc(C(CBr)C(=O)C(CBr)c2ccc(CCC=O)cc2)cc1. The lowest BCUT2D eigenvalue weighted by atomic mass is 9.85. The summed E-state index contributed by atoms with van der Waals surface area (Å²) in [7, 11) is 0. The van der Waals surface area contributed by atoms with Crippen LogP contribution in [0.4, 0.5) is 0 Å². The Kier molecular flexibility index (Phi) is 9.79. The number of hydrogen-bond acceptors (Lipinski definition) is 3. The van der Waals surface area contributed by atoms with E-state index in [9.17, 15) is 14.4 Å². The molecule has 0 aliphatic rings. The van der Waals surface area contributed by atoms with Crippen molar-refractivity contribution in [2.24, 2.45) is 0 Å². The number of halogens is 2. The number of rotatable bonds is 12. The Morgan fingerprint density at radius 3 is 1.36 bits per heavy atom. The van der Waals surface area contributed by atoms with Crippen LogP contribution in [0.5, 0.6) is 0 Å². The van der Waals surface area contributed by atoms with Gasteiger partial charge in [0.15, 0.2) is 0 Å². The molecule has 0 aromatic heterocycles. The maximum atomic E-state index is 13.3. The second kappa shape index (κ2) is 12.1. The van der Waals surface area contributed by atoms with Crippen LogP contribution in [-0.2, 0) is 27.2 Å². The number of ketones is 1. The summed E-state index contributed by atoms with van der Waals surface area (Å²) in [4.78, 5) is 34.3. The first-order valence-corrected chi connectivity index (χ1v) is 11.6. The molecule has 2 atom stereocenters. The van der Waals surface area contributed by atoms with E-state index in [1.54, 1.807) is 0 Å². The Morgan fingerprint density at radius 2 is 1.07 bits per heavy atom. The molecule has 2 aromatic carbocycles. The van der Waals surface area contributed by atoms with Crippen molar-refractivity contribution < 1.29 is 14.4 Å². The van der Waals surface area contributed by atoms with Gasteiger partial charge < -0.3 is 9.59 Å². The summed E-state index contributed by atoms with van der Waals surface area (Å²) in [5.41, 5.74) is 4.15. The van der Waals surface area contributed by atoms with Crippen LogP contribution in [-0.4, -0.2) is 29.0 Å². The number of carbonyl (C=O) groups is 3. The lowest BCUT2D eigenvalue weighted by molar-refractivity contribution is -0.121. The molecule has 2 aromatic rings. The van der Waals surface area contributed by atoms with E-state index in [1.165, 1.54) is 0 Å². The van der Waals surface area contributed by atoms with E-state index in [4.69, 9.17) is 0 Å². The van der Waals surface area contributed by atoms with Crippen molar-refractivity contribution in [1.82, 2.24) is 0 Å². The Morgan fingerprint density at radius 1 is 0.714 bits per heavy atom. The summed E-state index contributed by atoms with van der Waals surface area (Å²) in [6.45, 7) is 0. The molecule has 0 saturated heterocycles. The first-order chi connectivity index (χ1) is 13.6. The molecular weight excluding hydrogens is 484 g/mol. The second-order valence-corrected chi connectivity index (χ2v) is 8.00. The largest absolute Gasteiger partial charge is 0.303 e. The van der Waals surface area contributed by atoms with Crippen LogP contribution in [0.3, 0.4) is 0 Å². The van der Waals surface area contributed by atoms with Crippen LogP contribution in [0.25, 0.3) is 0 Å².